The van der Waals surface area contributed by atoms with Crippen LogP contribution in [0.3, 0.4) is 0 Å². The van der Waals surface area contributed by atoms with E-state index >= 15 is 0 Å². The summed E-state index contributed by atoms with van der Waals surface area (Å²) in [6, 6.07) is 15.9. The van der Waals surface area contributed by atoms with Gasteiger partial charge in [0, 0.05) is 33.2 Å². The fourth-order valence-electron chi connectivity index (χ4n) is 3.29. The standard InChI is InChI=1S/C20H19NS.CH2O/c1-4-21-18-8-5-13(2)9-17(18)16-7-6-15(11-19(16)21)20-10-14(3)12-22-20;1-2/h5-12H,4H2,1-3H3;1H2. The van der Waals surface area contributed by atoms with Crippen molar-refractivity contribution in [1.82, 2.24) is 4.57 Å². The number of aromatic nitrogens is 1. The summed E-state index contributed by atoms with van der Waals surface area (Å²) < 4.78 is 2.42. The van der Waals surface area contributed by atoms with Crippen molar-refractivity contribution in [3.8, 4) is 10.4 Å². The zero-order chi connectivity index (χ0) is 17.3. The summed E-state index contributed by atoms with van der Waals surface area (Å²) in [4.78, 5) is 9.35. The average Bonchev–Trinajstić information content (AvgIpc) is 3.17. The van der Waals surface area contributed by atoms with E-state index in [1.165, 1.54) is 43.4 Å². The van der Waals surface area contributed by atoms with E-state index in [9.17, 15) is 0 Å². The number of hydrogen-bond acceptors (Lipinski definition) is 2. The minimum Gasteiger partial charge on any atom is -0.341 e. The van der Waals surface area contributed by atoms with E-state index in [0.717, 1.165) is 6.54 Å². The van der Waals surface area contributed by atoms with Crippen LogP contribution in [0.5, 0.6) is 0 Å². The highest BCUT2D eigenvalue weighted by Gasteiger charge is 2.11. The molecule has 0 spiro atoms. The van der Waals surface area contributed by atoms with Crippen molar-refractivity contribution in [1.29, 1.82) is 0 Å². The summed E-state index contributed by atoms with van der Waals surface area (Å²) >= 11 is 1.82. The van der Waals surface area contributed by atoms with E-state index in [1.807, 2.05) is 18.1 Å². The largest absolute Gasteiger partial charge is 0.341 e. The predicted molar refractivity (Wildman–Crippen MR) is 105 cm³/mol. The molecular weight excluding hydrogens is 314 g/mol. The van der Waals surface area contributed by atoms with Gasteiger partial charge < -0.3 is 9.36 Å². The fraction of sp³-hybridized carbons (Fsp3) is 0.190. The molecule has 0 N–H and O–H groups in total. The zero-order valence-electron chi connectivity index (χ0n) is 14.3. The first-order valence-corrected chi connectivity index (χ1v) is 8.92. The molecule has 0 fully saturated rings. The highest BCUT2D eigenvalue weighted by Crippen LogP contribution is 2.34. The van der Waals surface area contributed by atoms with Crippen LogP contribution in [0.1, 0.15) is 18.1 Å². The molecule has 0 unspecified atom stereocenters. The van der Waals surface area contributed by atoms with Crippen molar-refractivity contribution in [2.75, 3.05) is 0 Å². The van der Waals surface area contributed by atoms with Crippen LogP contribution in [-0.4, -0.2) is 11.4 Å². The normalized spacial score (nSPS) is 10.8. The Labute approximate surface area is 146 Å². The van der Waals surface area contributed by atoms with Crippen molar-refractivity contribution < 1.29 is 4.79 Å². The molecule has 24 heavy (non-hydrogen) atoms. The Balaban J connectivity index is 0.000000815. The van der Waals surface area contributed by atoms with Gasteiger partial charge in [0.15, 0.2) is 0 Å². The monoisotopic (exact) mass is 335 g/mol. The van der Waals surface area contributed by atoms with E-state index in [2.05, 4.69) is 73.2 Å². The molecule has 4 rings (SSSR count). The Morgan fingerprint density at radius 2 is 1.71 bits per heavy atom. The number of rotatable bonds is 2. The molecule has 3 heteroatoms. The van der Waals surface area contributed by atoms with Crippen LogP contribution in [0.25, 0.3) is 32.2 Å². The Morgan fingerprint density at radius 3 is 2.38 bits per heavy atom. The van der Waals surface area contributed by atoms with Gasteiger partial charge in [-0.05, 0) is 61.5 Å². The van der Waals surface area contributed by atoms with Gasteiger partial charge in [-0.3, -0.25) is 0 Å². The number of benzene rings is 2. The third-order valence-corrected chi connectivity index (χ3v) is 5.45. The third kappa shape index (κ3) is 2.65. The summed E-state index contributed by atoms with van der Waals surface area (Å²) in [6.45, 7) is 9.54. The van der Waals surface area contributed by atoms with Crippen LogP contribution in [0.4, 0.5) is 0 Å². The van der Waals surface area contributed by atoms with E-state index in [4.69, 9.17) is 4.79 Å². The molecule has 2 aromatic heterocycles. The number of nitrogens with zero attached hydrogens (tertiary/aromatic N) is 1. The van der Waals surface area contributed by atoms with E-state index in [-0.39, 0.29) is 0 Å². The van der Waals surface area contributed by atoms with Crippen molar-refractivity contribution >= 4 is 39.9 Å². The van der Waals surface area contributed by atoms with Gasteiger partial charge in [0.25, 0.3) is 0 Å². The average molecular weight is 335 g/mol. The number of fused-ring (bicyclic) bond motifs is 3. The molecule has 0 saturated carbocycles. The maximum atomic E-state index is 8.00. The summed E-state index contributed by atoms with van der Waals surface area (Å²) in [5.41, 5.74) is 6.65. The molecule has 0 aliphatic carbocycles. The molecule has 2 heterocycles. The molecule has 0 bridgehead atoms. The lowest BCUT2D eigenvalue weighted by molar-refractivity contribution is -0.0979. The van der Waals surface area contributed by atoms with Crippen molar-refractivity contribution in [2.24, 2.45) is 0 Å². The van der Waals surface area contributed by atoms with E-state index in [0.29, 0.717) is 0 Å². The molecule has 0 radical (unpaired) electrons. The van der Waals surface area contributed by atoms with Crippen LogP contribution in [0.2, 0.25) is 0 Å². The lowest BCUT2D eigenvalue weighted by Gasteiger charge is -2.04. The highest BCUT2D eigenvalue weighted by atomic mass is 32.1. The first kappa shape index (κ1) is 16.5. The maximum absolute atomic E-state index is 8.00. The lowest BCUT2D eigenvalue weighted by atomic mass is 10.1. The number of thiophene rings is 1. The first-order valence-electron chi connectivity index (χ1n) is 8.04. The second kappa shape index (κ2) is 6.62. The van der Waals surface area contributed by atoms with Gasteiger partial charge in [0.05, 0.1) is 0 Å². The molecule has 122 valence electrons. The summed E-state index contributed by atoms with van der Waals surface area (Å²) in [6.07, 6.45) is 0. The molecule has 0 atom stereocenters. The number of aryl methyl sites for hydroxylation is 3. The second-order valence-corrected chi connectivity index (χ2v) is 6.90. The Kier molecular flexibility index (Phi) is 4.54. The summed E-state index contributed by atoms with van der Waals surface area (Å²) in [5, 5.41) is 4.95. The first-order chi connectivity index (χ1) is 11.7. The lowest BCUT2D eigenvalue weighted by Crippen LogP contribution is -1.92. The summed E-state index contributed by atoms with van der Waals surface area (Å²) in [7, 11) is 0. The fourth-order valence-corrected chi connectivity index (χ4v) is 4.19. The zero-order valence-corrected chi connectivity index (χ0v) is 15.1. The van der Waals surface area contributed by atoms with Crippen LogP contribution >= 0.6 is 11.3 Å². The Morgan fingerprint density at radius 1 is 0.917 bits per heavy atom. The highest BCUT2D eigenvalue weighted by molar-refractivity contribution is 7.13. The molecule has 0 amide bonds. The van der Waals surface area contributed by atoms with Crippen LogP contribution < -0.4 is 0 Å². The molecule has 0 aliphatic heterocycles. The maximum Gasteiger partial charge on any atom is 0.106 e. The molecule has 0 aliphatic rings. The van der Waals surface area contributed by atoms with Gasteiger partial charge in [-0.1, -0.05) is 23.8 Å². The predicted octanol–water partition coefficient (Wildman–Crippen LogP) is 5.97. The van der Waals surface area contributed by atoms with Crippen LogP contribution in [0.15, 0.2) is 47.8 Å². The second-order valence-electron chi connectivity index (χ2n) is 5.99. The summed E-state index contributed by atoms with van der Waals surface area (Å²) in [5.74, 6) is 0. The smallest absolute Gasteiger partial charge is 0.106 e. The van der Waals surface area contributed by atoms with Gasteiger partial charge >= 0.3 is 0 Å². The van der Waals surface area contributed by atoms with E-state index < -0.39 is 0 Å². The Bertz CT molecular complexity index is 1010. The van der Waals surface area contributed by atoms with Gasteiger partial charge in [0.1, 0.15) is 6.79 Å². The topological polar surface area (TPSA) is 22.0 Å². The molecular formula is C21H21NOS. The number of carbonyl (C=O) groups is 1. The quantitative estimate of drug-likeness (QED) is 0.442. The van der Waals surface area contributed by atoms with E-state index in [1.54, 1.807) is 0 Å². The molecule has 0 saturated heterocycles. The third-order valence-electron chi connectivity index (χ3n) is 4.35. The molecule has 2 aromatic carbocycles. The SMILES string of the molecule is C=O.CCn1c2ccc(C)cc2c2ccc(-c3cc(C)cs3)cc21. The van der Waals surface area contributed by atoms with Crippen molar-refractivity contribution in [3.05, 3.63) is 59.0 Å². The number of carbonyl (C=O) groups excluding carboxylic acids is 1. The molecule has 2 nitrogen and oxygen atoms in total. The van der Waals surface area contributed by atoms with Gasteiger partial charge in [0.2, 0.25) is 0 Å². The minimum absolute atomic E-state index is 0.996. The Hall–Kier alpha value is -2.39. The van der Waals surface area contributed by atoms with Gasteiger partial charge in [-0.2, -0.15) is 0 Å². The van der Waals surface area contributed by atoms with Crippen LogP contribution in [-0.2, 0) is 11.3 Å². The van der Waals surface area contributed by atoms with Crippen molar-refractivity contribution in [3.63, 3.8) is 0 Å². The van der Waals surface area contributed by atoms with Crippen LogP contribution in [0, 0.1) is 13.8 Å². The number of hydrogen-bond donors (Lipinski definition) is 0. The molecule has 4 aromatic rings. The van der Waals surface area contributed by atoms with Crippen molar-refractivity contribution in [2.45, 2.75) is 27.3 Å². The van der Waals surface area contributed by atoms with Gasteiger partial charge in [-0.25, -0.2) is 0 Å². The van der Waals surface area contributed by atoms with Gasteiger partial charge in [-0.15, -0.1) is 11.3 Å². The minimum atomic E-state index is 0.996.